The molecule has 0 unspecified atom stereocenters. The second kappa shape index (κ2) is 8.99. The Morgan fingerprint density at radius 1 is 1.20 bits per heavy atom. The summed E-state index contributed by atoms with van der Waals surface area (Å²) < 4.78 is 1.81. The summed E-state index contributed by atoms with van der Waals surface area (Å²) in [6.07, 6.45) is 1.61. The van der Waals surface area contributed by atoms with E-state index in [0.29, 0.717) is 10.2 Å². The van der Waals surface area contributed by atoms with Crippen LogP contribution >= 0.6 is 34.7 Å². The molecular weight excluding hydrogens is 438 g/mol. The molecule has 9 heteroatoms. The molecule has 4 aromatic rings. The second-order valence-electron chi connectivity index (χ2n) is 6.58. The number of benzene rings is 2. The Labute approximate surface area is 187 Å². The van der Waals surface area contributed by atoms with E-state index in [4.69, 9.17) is 11.6 Å². The fourth-order valence-corrected chi connectivity index (χ4v) is 4.30. The highest BCUT2D eigenvalue weighted by Crippen LogP contribution is 2.25. The lowest BCUT2D eigenvalue weighted by atomic mass is 10.1. The molecule has 0 fully saturated rings. The number of nitrogens with one attached hydrogen (secondary N) is 1. The average Bonchev–Trinajstić information content (AvgIpc) is 3.38. The van der Waals surface area contributed by atoms with E-state index in [1.165, 1.54) is 11.8 Å². The van der Waals surface area contributed by atoms with Crippen molar-refractivity contribution in [3.8, 4) is 16.9 Å². The Kier molecular flexibility index (Phi) is 6.17. The molecule has 1 amide bonds. The maximum absolute atomic E-state index is 12.4. The highest BCUT2D eigenvalue weighted by atomic mass is 35.5. The van der Waals surface area contributed by atoms with Crippen molar-refractivity contribution in [2.75, 3.05) is 11.1 Å². The van der Waals surface area contributed by atoms with E-state index in [0.717, 1.165) is 33.2 Å². The van der Waals surface area contributed by atoms with E-state index < -0.39 is 0 Å². The Morgan fingerprint density at radius 2 is 2.00 bits per heavy atom. The molecular formula is C21H18ClN5OS2. The number of carbonyl (C=O) groups excluding carboxylic acids is 1. The normalized spacial score (nSPS) is 10.9. The van der Waals surface area contributed by atoms with Gasteiger partial charge in [0.25, 0.3) is 0 Å². The number of nitrogens with zero attached hydrogens (tertiary/aromatic N) is 4. The van der Waals surface area contributed by atoms with E-state index in [9.17, 15) is 4.79 Å². The predicted molar refractivity (Wildman–Crippen MR) is 123 cm³/mol. The van der Waals surface area contributed by atoms with Crippen LogP contribution in [0.5, 0.6) is 0 Å². The van der Waals surface area contributed by atoms with Gasteiger partial charge in [-0.1, -0.05) is 41.6 Å². The molecule has 0 aliphatic rings. The Bertz CT molecular complexity index is 1190. The van der Waals surface area contributed by atoms with E-state index in [1.807, 2.05) is 66.3 Å². The molecule has 2 aromatic heterocycles. The van der Waals surface area contributed by atoms with Gasteiger partial charge in [-0.05, 0) is 43.7 Å². The number of carbonyl (C=O) groups is 1. The van der Waals surface area contributed by atoms with Crippen LogP contribution in [0.1, 0.15) is 10.6 Å². The Morgan fingerprint density at radius 3 is 2.70 bits per heavy atom. The van der Waals surface area contributed by atoms with Crippen LogP contribution in [0.25, 0.3) is 16.9 Å². The molecule has 30 heavy (non-hydrogen) atoms. The third-order valence-electron chi connectivity index (χ3n) is 4.37. The van der Waals surface area contributed by atoms with Crippen LogP contribution in [0.15, 0.2) is 59.3 Å². The number of aryl methyl sites for hydroxylation is 2. The minimum absolute atomic E-state index is 0.117. The van der Waals surface area contributed by atoms with Gasteiger partial charge in [-0.25, -0.2) is 4.98 Å². The fourth-order valence-electron chi connectivity index (χ4n) is 2.78. The lowest BCUT2D eigenvalue weighted by Gasteiger charge is -2.08. The highest BCUT2D eigenvalue weighted by molar-refractivity contribution is 7.99. The molecule has 0 spiro atoms. The average molecular weight is 456 g/mol. The van der Waals surface area contributed by atoms with Crippen molar-refractivity contribution >= 4 is 46.3 Å². The zero-order chi connectivity index (χ0) is 21.1. The van der Waals surface area contributed by atoms with Gasteiger partial charge in [-0.2, -0.15) is 0 Å². The van der Waals surface area contributed by atoms with Crippen LogP contribution < -0.4 is 5.32 Å². The molecule has 2 heterocycles. The van der Waals surface area contributed by atoms with Crippen LogP contribution in [0.2, 0.25) is 5.02 Å². The van der Waals surface area contributed by atoms with Crippen LogP contribution in [0.3, 0.4) is 0 Å². The number of thioether (sulfide) groups is 1. The topological polar surface area (TPSA) is 72.7 Å². The van der Waals surface area contributed by atoms with Gasteiger partial charge in [0.2, 0.25) is 5.91 Å². The van der Waals surface area contributed by atoms with Crippen molar-refractivity contribution in [3.63, 3.8) is 0 Å². The third-order valence-corrected chi connectivity index (χ3v) is 6.49. The van der Waals surface area contributed by atoms with E-state index >= 15 is 0 Å². The zero-order valence-electron chi connectivity index (χ0n) is 16.3. The van der Waals surface area contributed by atoms with Crippen LogP contribution in [0, 0.1) is 13.8 Å². The van der Waals surface area contributed by atoms with Crippen molar-refractivity contribution in [2.24, 2.45) is 0 Å². The summed E-state index contributed by atoms with van der Waals surface area (Å²) in [5.41, 5.74) is 4.56. The largest absolute Gasteiger partial charge is 0.325 e. The van der Waals surface area contributed by atoms with E-state index in [-0.39, 0.29) is 11.7 Å². The van der Waals surface area contributed by atoms with Crippen LogP contribution in [0.4, 0.5) is 5.69 Å². The van der Waals surface area contributed by atoms with Crippen molar-refractivity contribution < 1.29 is 4.79 Å². The van der Waals surface area contributed by atoms with Gasteiger partial charge < -0.3 is 5.32 Å². The van der Waals surface area contributed by atoms with Gasteiger partial charge >= 0.3 is 0 Å². The molecule has 0 atom stereocenters. The maximum Gasteiger partial charge on any atom is 0.234 e. The SMILES string of the molecule is Cc1nc(-c2ccc(NC(=O)CSc3nncn3-c3ccc(C)c(Cl)c3)cc2)cs1. The number of amides is 1. The standard InChI is InChI=1S/C21H18ClN5OS2/c1-13-3-8-17(9-18(13)22)27-12-23-26-21(27)30-11-20(28)25-16-6-4-15(5-7-16)19-10-29-14(2)24-19/h3-10,12H,11H2,1-2H3,(H,25,28). The minimum Gasteiger partial charge on any atom is -0.325 e. The first-order chi connectivity index (χ1) is 14.5. The number of hydrogen-bond donors (Lipinski definition) is 1. The molecule has 0 bridgehead atoms. The maximum atomic E-state index is 12.4. The summed E-state index contributed by atoms with van der Waals surface area (Å²) in [6.45, 7) is 3.93. The van der Waals surface area contributed by atoms with Gasteiger partial charge in [0, 0.05) is 21.7 Å². The Balaban J connectivity index is 1.38. The zero-order valence-corrected chi connectivity index (χ0v) is 18.7. The van der Waals surface area contributed by atoms with Gasteiger partial charge in [0.15, 0.2) is 5.16 Å². The molecule has 2 aromatic carbocycles. The summed E-state index contributed by atoms with van der Waals surface area (Å²) in [7, 11) is 0. The molecule has 0 saturated carbocycles. The summed E-state index contributed by atoms with van der Waals surface area (Å²) in [5, 5.41) is 15.3. The summed E-state index contributed by atoms with van der Waals surface area (Å²) in [4.78, 5) is 16.9. The first-order valence-electron chi connectivity index (χ1n) is 9.11. The number of aromatic nitrogens is 4. The fraction of sp³-hybridized carbons (Fsp3) is 0.143. The third kappa shape index (κ3) is 4.72. The number of hydrogen-bond acceptors (Lipinski definition) is 6. The summed E-state index contributed by atoms with van der Waals surface area (Å²) in [6, 6.07) is 13.4. The van der Waals surface area contributed by atoms with Gasteiger partial charge in [-0.3, -0.25) is 9.36 Å². The van der Waals surface area contributed by atoms with Crippen LogP contribution in [-0.4, -0.2) is 31.4 Å². The molecule has 1 N–H and O–H groups in total. The Hall–Kier alpha value is -2.68. The molecule has 0 radical (unpaired) electrons. The lowest BCUT2D eigenvalue weighted by Crippen LogP contribution is -2.14. The molecule has 6 nitrogen and oxygen atoms in total. The first kappa shape index (κ1) is 20.6. The first-order valence-corrected chi connectivity index (χ1v) is 11.4. The van der Waals surface area contributed by atoms with Crippen molar-refractivity contribution in [1.82, 2.24) is 19.7 Å². The van der Waals surface area contributed by atoms with E-state index in [2.05, 4.69) is 20.5 Å². The quantitative estimate of drug-likeness (QED) is 0.394. The smallest absolute Gasteiger partial charge is 0.234 e. The van der Waals surface area contributed by atoms with Crippen LogP contribution in [-0.2, 0) is 4.79 Å². The van der Waals surface area contributed by atoms with Crippen molar-refractivity contribution in [1.29, 1.82) is 0 Å². The molecule has 152 valence electrons. The monoisotopic (exact) mass is 455 g/mol. The molecule has 0 aliphatic heterocycles. The van der Waals surface area contributed by atoms with Gasteiger partial charge in [0.1, 0.15) is 6.33 Å². The second-order valence-corrected chi connectivity index (χ2v) is 8.99. The van der Waals surface area contributed by atoms with Crippen molar-refractivity contribution in [3.05, 3.63) is 69.8 Å². The van der Waals surface area contributed by atoms with E-state index in [1.54, 1.807) is 17.7 Å². The lowest BCUT2D eigenvalue weighted by molar-refractivity contribution is -0.113. The molecule has 4 rings (SSSR count). The van der Waals surface area contributed by atoms with Gasteiger partial charge in [-0.15, -0.1) is 21.5 Å². The summed E-state index contributed by atoms with van der Waals surface area (Å²) >= 11 is 9.15. The highest BCUT2D eigenvalue weighted by Gasteiger charge is 2.11. The predicted octanol–water partition coefficient (Wildman–Crippen LogP) is 5.39. The molecule has 0 saturated heterocycles. The van der Waals surface area contributed by atoms with Gasteiger partial charge in [0.05, 0.1) is 22.1 Å². The van der Waals surface area contributed by atoms with Crippen molar-refractivity contribution in [2.45, 2.75) is 19.0 Å². The minimum atomic E-state index is -0.117. The number of rotatable bonds is 6. The number of halogens is 1. The number of thiazole rings is 1. The number of anilines is 1. The molecule has 0 aliphatic carbocycles. The summed E-state index contributed by atoms with van der Waals surface area (Å²) in [5.74, 6) is 0.0967.